The Hall–Kier alpha value is -3.48. The topological polar surface area (TPSA) is 94.9 Å². The van der Waals surface area contributed by atoms with E-state index >= 15 is 0 Å². The Morgan fingerprint density at radius 1 is 0.914 bits per heavy atom. The van der Waals surface area contributed by atoms with Crippen molar-refractivity contribution in [2.75, 3.05) is 6.54 Å². The quantitative estimate of drug-likeness (QED) is 0.411. The Balaban J connectivity index is 1.38. The van der Waals surface area contributed by atoms with Crippen molar-refractivity contribution in [3.63, 3.8) is 0 Å². The second-order valence-electron chi connectivity index (χ2n) is 8.83. The summed E-state index contributed by atoms with van der Waals surface area (Å²) in [5, 5.41) is 20.9. The van der Waals surface area contributed by atoms with Gasteiger partial charge in [-0.3, -0.25) is 19.3 Å². The molecule has 0 aliphatic carbocycles. The lowest BCUT2D eigenvalue weighted by molar-refractivity contribution is -0.146. The number of carboxylic acid groups (broad SMARTS) is 1. The standard InChI is InChI=1S/C28H26ClNO5/c1-17-7-10-21-23(15-17)27(33)30(26(21)32)14-13-22(28(34)35)25(31)12-9-18-8-11-20(24(29)16-18)19-5-3-2-4-6-19/h2-8,10-11,15-16,22,25,31H,9,12-14H2,1H3,(H,34,35)/t22-,25-/m1/s1. The van der Waals surface area contributed by atoms with Gasteiger partial charge in [-0.15, -0.1) is 0 Å². The number of nitrogens with zero attached hydrogens (tertiary/aromatic N) is 1. The van der Waals surface area contributed by atoms with E-state index in [0.29, 0.717) is 22.6 Å². The van der Waals surface area contributed by atoms with Crippen molar-refractivity contribution in [3.8, 4) is 11.1 Å². The predicted octanol–water partition coefficient (Wildman–Crippen LogP) is 5.00. The maximum Gasteiger partial charge on any atom is 0.309 e. The molecule has 0 bridgehead atoms. The largest absolute Gasteiger partial charge is 0.481 e. The lowest BCUT2D eigenvalue weighted by atomic mass is 9.93. The number of carboxylic acids is 1. The Morgan fingerprint density at radius 2 is 1.60 bits per heavy atom. The molecule has 4 rings (SSSR count). The first-order valence-electron chi connectivity index (χ1n) is 11.5. The highest BCUT2D eigenvalue weighted by Gasteiger charge is 2.37. The summed E-state index contributed by atoms with van der Waals surface area (Å²) < 4.78 is 0. The SMILES string of the molecule is Cc1ccc2c(c1)C(=O)N(CC[C@@H](C(=O)O)[C@H](O)CCc1ccc(-c3ccccc3)c(Cl)c1)C2=O. The molecule has 7 heteroatoms. The summed E-state index contributed by atoms with van der Waals surface area (Å²) in [6.45, 7) is 1.76. The van der Waals surface area contributed by atoms with Crippen LogP contribution in [0.3, 0.4) is 0 Å². The van der Waals surface area contributed by atoms with E-state index in [2.05, 4.69) is 0 Å². The molecule has 1 aliphatic heterocycles. The van der Waals surface area contributed by atoms with Gasteiger partial charge >= 0.3 is 5.97 Å². The summed E-state index contributed by atoms with van der Waals surface area (Å²) in [5.74, 6) is -3.14. The minimum Gasteiger partial charge on any atom is -0.481 e. The van der Waals surface area contributed by atoms with Crippen molar-refractivity contribution < 1.29 is 24.6 Å². The van der Waals surface area contributed by atoms with Crippen LogP contribution in [0.5, 0.6) is 0 Å². The summed E-state index contributed by atoms with van der Waals surface area (Å²) >= 11 is 6.46. The molecule has 0 saturated heterocycles. The molecule has 2 N–H and O–H groups in total. The van der Waals surface area contributed by atoms with Gasteiger partial charge in [0.25, 0.3) is 11.8 Å². The van der Waals surface area contributed by atoms with E-state index < -0.39 is 29.8 Å². The molecular formula is C28H26ClNO5. The van der Waals surface area contributed by atoms with E-state index in [1.54, 1.807) is 18.2 Å². The molecule has 1 heterocycles. The highest BCUT2D eigenvalue weighted by Crippen LogP contribution is 2.30. The minimum atomic E-state index is -1.16. The van der Waals surface area contributed by atoms with Gasteiger partial charge < -0.3 is 10.2 Å². The van der Waals surface area contributed by atoms with Gasteiger partial charge in [-0.25, -0.2) is 0 Å². The number of halogens is 1. The fraction of sp³-hybridized carbons (Fsp3) is 0.250. The first kappa shape index (κ1) is 24.6. The van der Waals surface area contributed by atoms with Crippen LogP contribution in [0.25, 0.3) is 11.1 Å². The summed E-state index contributed by atoms with van der Waals surface area (Å²) in [7, 11) is 0. The number of aliphatic hydroxyl groups excluding tert-OH is 1. The monoisotopic (exact) mass is 491 g/mol. The third-order valence-electron chi connectivity index (χ3n) is 6.42. The van der Waals surface area contributed by atoms with E-state index in [-0.39, 0.29) is 19.4 Å². The van der Waals surface area contributed by atoms with Crippen LogP contribution in [0.4, 0.5) is 0 Å². The summed E-state index contributed by atoms with van der Waals surface area (Å²) in [6.07, 6.45) is -0.530. The normalized spacial score (nSPS) is 14.7. The van der Waals surface area contributed by atoms with Crippen molar-refractivity contribution in [3.05, 3.63) is 94.0 Å². The third-order valence-corrected chi connectivity index (χ3v) is 6.73. The number of carbonyl (C=O) groups is 3. The second-order valence-corrected chi connectivity index (χ2v) is 9.24. The average Bonchev–Trinajstić information content (AvgIpc) is 3.07. The molecule has 0 fully saturated rings. The van der Waals surface area contributed by atoms with Gasteiger partial charge in [0, 0.05) is 17.1 Å². The Labute approximate surface area is 208 Å². The summed E-state index contributed by atoms with van der Waals surface area (Å²) in [4.78, 5) is 38.2. The van der Waals surface area contributed by atoms with Gasteiger partial charge in [-0.05, 0) is 55.5 Å². The third kappa shape index (κ3) is 5.29. The molecule has 0 radical (unpaired) electrons. The molecule has 35 heavy (non-hydrogen) atoms. The number of carbonyl (C=O) groups excluding carboxylic acids is 2. The number of aryl methyl sites for hydroxylation is 2. The van der Waals surface area contributed by atoms with Crippen molar-refractivity contribution in [1.82, 2.24) is 4.90 Å². The van der Waals surface area contributed by atoms with Crippen molar-refractivity contribution in [2.24, 2.45) is 5.92 Å². The van der Waals surface area contributed by atoms with Crippen LogP contribution in [0, 0.1) is 12.8 Å². The van der Waals surface area contributed by atoms with E-state index in [1.807, 2.05) is 55.5 Å². The molecule has 6 nitrogen and oxygen atoms in total. The van der Waals surface area contributed by atoms with Gasteiger partial charge in [0.15, 0.2) is 0 Å². The van der Waals surface area contributed by atoms with Gasteiger partial charge in [0.1, 0.15) is 0 Å². The number of rotatable bonds is 9. The number of imide groups is 1. The number of fused-ring (bicyclic) bond motifs is 1. The molecule has 0 spiro atoms. The molecule has 0 aromatic heterocycles. The lowest BCUT2D eigenvalue weighted by Crippen LogP contribution is -2.36. The number of amides is 2. The predicted molar refractivity (Wildman–Crippen MR) is 134 cm³/mol. The fourth-order valence-corrected chi connectivity index (χ4v) is 4.75. The molecule has 3 aromatic rings. The molecule has 0 unspecified atom stereocenters. The van der Waals surface area contributed by atoms with Crippen LogP contribution in [-0.2, 0) is 11.2 Å². The van der Waals surface area contributed by atoms with Gasteiger partial charge in [0.2, 0.25) is 0 Å². The molecule has 1 aliphatic rings. The first-order chi connectivity index (χ1) is 16.8. The average molecular weight is 492 g/mol. The zero-order valence-electron chi connectivity index (χ0n) is 19.3. The maximum absolute atomic E-state index is 12.7. The highest BCUT2D eigenvalue weighted by atomic mass is 35.5. The Kier molecular flexibility index (Phi) is 7.34. The smallest absolute Gasteiger partial charge is 0.309 e. The van der Waals surface area contributed by atoms with E-state index in [9.17, 15) is 24.6 Å². The molecular weight excluding hydrogens is 466 g/mol. The van der Waals surface area contributed by atoms with Gasteiger partial charge in [-0.1, -0.05) is 65.7 Å². The summed E-state index contributed by atoms with van der Waals surface area (Å²) in [6, 6.07) is 20.4. The van der Waals surface area contributed by atoms with Crippen LogP contribution in [0.2, 0.25) is 5.02 Å². The zero-order chi connectivity index (χ0) is 25.1. The fourth-order valence-electron chi connectivity index (χ4n) is 4.44. The van der Waals surface area contributed by atoms with E-state index in [1.165, 1.54) is 0 Å². The first-order valence-corrected chi connectivity index (χ1v) is 11.9. The highest BCUT2D eigenvalue weighted by molar-refractivity contribution is 6.33. The van der Waals surface area contributed by atoms with Gasteiger partial charge in [-0.2, -0.15) is 0 Å². The van der Waals surface area contributed by atoms with Crippen LogP contribution in [0.1, 0.15) is 44.7 Å². The van der Waals surface area contributed by atoms with E-state index in [4.69, 9.17) is 11.6 Å². The molecule has 180 valence electrons. The number of aliphatic hydroxyl groups is 1. The molecule has 0 saturated carbocycles. The van der Waals surface area contributed by atoms with Crippen LogP contribution < -0.4 is 0 Å². The van der Waals surface area contributed by atoms with Crippen molar-refractivity contribution >= 4 is 29.4 Å². The molecule has 3 aromatic carbocycles. The second kappa shape index (κ2) is 10.4. The minimum absolute atomic E-state index is 0.0331. The van der Waals surface area contributed by atoms with Crippen LogP contribution in [0.15, 0.2) is 66.7 Å². The lowest BCUT2D eigenvalue weighted by Gasteiger charge is -2.22. The van der Waals surface area contributed by atoms with Crippen LogP contribution >= 0.6 is 11.6 Å². The zero-order valence-corrected chi connectivity index (χ0v) is 20.0. The molecule has 2 atom stereocenters. The van der Waals surface area contributed by atoms with E-state index in [0.717, 1.165) is 27.2 Å². The van der Waals surface area contributed by atoms with Crippen molar-refractivity contribution in [1.29, 1.82) is 0 Å². The van der Waals surface area contributed by atoms with Crippen LogP contribution in [-0.4, -0.2) is 45.5 Å². The number of benzene rings is 3. The number of hydrogen-bond acceptors (Lipinski definition) is 4. The molecule has 2 amide bonds. The summed E-state index contributed by atoms with van der Waals surface area (Å²) in [5.41, 5.74) is 4.30. The number of aliphatic carboxylic acids is 1. The Bertz CT molecular complexity index is 1270. The maximum atomic E-state index is 12.7. The van der Waals surface area contributed by atoms with Gasteiger partial charge in [0.05, 0.1) is 23.1 Å². The Morgan fingerprint density at radius 3 is 2.29 bits per heavy atom. The van der Waals surface area contributed by atoms with Crippen molar-refractivity contribution in [2.45, 2.75) is 32.3 Å². The number of hydrogen-bond donors (Lipinski definition) is 2.